The number of pyridine rings is 1. The Hall–Kier alpha value is -4.02. The van der Waals surface area contributed by atoms with Crippen LogP contribution < -0.4 is 9.30 Å². The first-order valence-electron chi connectivity index (χ1n) is 11.6. The van der Waals surface area contributed by atoms with Crippen LogP contribution in [0.1, 0.15) is 44.7 Å². The first-order chi connectivity index (χ1) is 17.5. The van der Waals surface area contributed by atoms with Crippen molar-refractivity contribution in [2.45, 2.75) is 33.2 Å². The van der Waals surface area contributed by atoms with Gasteiger partial charge in [-0.15, -0.1) is 0 Å². The minimum Gasteiger partial charge on any atom is -0.508 e. The van der Waals surface area contributed by atoms with E-state index in [0.29, 0.717) is 45.9 Å². The number of benzene rings is 3. The number of aromatic carboxylic acids is 1. The number of carboxylic acid groups (broad SMARTS) is 1. The van der Waals surface area contributed by atoms with Crippen LogP contribution in [0.2, 0.25) is 0 Å². The number of esters is 1. The van der Waals surface area contributed by atoms with E-state index < -0.39 is 22.1 Å². The Morgan fingerprint density at radius 3 is 2.22 bits per heavy atom. The summed E-state index contributed by atoms with van der Waals surface area (Å²) in [6.07, 6.45) is 0.691. The molecule has 0 radical (unpaired) electrons. The number of aromatic hydroxyl groups is 1. The number of aromatic nitrogens is 1. The van der Waals surface area contributed by atoms with Crippen molar-refractivity contribution in [3.05, 3.63) is 76.9 Å². The third-order valence-corrected chi connectivity index (χ3v) is 6.95. The molecular formula is C27H26NO8S+. The van der Waals surface area contributed by atoms with Crippen LogP contribution in [-0.4, -0.2) is 40.9 Å². The molecule has 0 spiro atoms. The summed E-state index contributed by atoms with van der Waals surface area (Å²) in [4.78, 5) is 25.0. The molecule has 0 saturated carbocycles. The van der Waals surface area contributed by atoms with E-state index >= 15 is 0 Å². The smallest absolute Gasteiger partial charge is 0.345 e. The topological polar surface area (TPSA) is 142 Å². The Balaban J connectivity index is 1.83. The summed E-state index contributed by atoms with van der Waals surface area (Å²) in [5.74, 6) is -1.89. The molecule has 0 atom stereocenters. The van der Waals surface area contributed by atoms with Crippen LogP contribution >= 0.6 is 0 Å². The number of unbranched alkanes of at least 4 members (excludes halogenated alkanes) is 1. The number of phenols is 1. The fourth-order valence-electron chi connectivity index (χ4n) is 4.55. The predicted octanol–water partition coefficient (Wildman–Crippen LogP) is 4.19. The van der Waals surface area contributed by atoms with Gasteiger partial charge in [0.15, 0.2) is 0 Å². The van der Waals surface area contributed by atoms with Crippen molar-refractivity contribution in [2.24, 2.45) is 0 Å². The minimum atomic E-state index is -4.07. The largest absolute Gasteiger partial charge is 0.508 e. The molecule has 0 fully saturated rings. The molecule has 0 aliphatic heterocycles. The van der Waals surface area contributed by atoms with Gasteiger partial charge in [0.1, 0.15) is 18.0 Å². The minimum absolute atomic E-state index is 0.0482. The van der Waals surface area contributed by atoms with Crippen molar-refractivity contribution in [3.8, 4) is 11.5 Å². The van der Waals surface area contributed by atoms with Crippen molar-refractivity contribution in [3.63, 3.8) is 0 Å². The van der Waals surface area contributed by atoms with Gasteiger partial charge in [-0.1, -0.05) is 12.1 Å². The van der Waals surface area contributed by atoms with Gasteiger partial charge in [0.2, 0.25) is 11.0 Å². The maximum atomic E-state index is 13.6. The molecule has 0 bridgehead atoms. The lowest BCUT2D eigenvalue weighted by Crippen LogP contribution is -2.37. The molecule has 10 heteroatoms. The molecule has 1 heterocycles. The molecule has 0 saturated heterocycles. The van der Waals surface area contributed by atoms with Crippen LogP contribution in [0.15, 0.2) is 54.6 Å². The van der Waals surface area contributed by atoms with E-state index in [-0.39, 0.29) is 34.8 Å². The summed E-state index contributed by atoms with van der Waals surface area (Å²) in [7, 11) is -4.07. The lowest BCUT2D eigenvalue weighted by atomic mass is 10.0. The van der Waals surface area contributed by atoms with E-state index in [1.807, 2.05) is 16.7 Å². The zero-order valence-electron chi connectivity index (χ0n) is 20.3. The third-order valence-electron chi connectivity index (χ3n) is 6.14. The molecular weight excluding hydrogens is 498 g/mol. The zero-order chi connectivity index (χ0) is 26.9. The summed E-state index contributed by atoms with van der Waals surface area (Å²) in [6.45, 7) is 3.73. The SMILES string of the molecule is Cc1cc(C(=O)O)cc(C)c1OC(=O)c1c2ccccc2[n+](CCCCS(=O)(=O)O)c2ccc(O)cc12. The van der Waals surface area contributed by atoms with E-state index in [2.05, 4.69) is 0 Å². The number of para-hydroxylation sites is 1. The van der Waals surface area contributed by atoms with Gasteiger partial charge < -0.3 is 14.9 Å². The predicted molar refractivity (Wildman–Crippen MR) is 137 cm³/mol. The number of hydrogen-bond donors (Lipinski definition) is 3. The summed E-state index contributed by atoms with van der Waals surface area (Å²) in [6, 6.07) is 14.7. The summed E-state index contributed by atoms with van der Waals surface area (Å²) in [5.41, 5.74) is 2.64. The number of carbonyl (C=O) groups is 2. The molecule has 9 nitrogen and oxygen atoms in total. The molecule has 1 aromatic heterocycles. The third kappa shape index (κ3) is 5.55. The van der Waals surface area contributed by atoms with Crippen LogP contribution in [0.5, 0.6) is 11.5 Å². The van der Waals surface area contributed by atoms with Gasteiger partial charge in [-0.2, -0.15) is 13.0 Å². The second-order valence-electron chi connectivity index (χ2n) is 8.87. The summed E-state index contributed by atoms with van der Waals surface area (Å²) in [5, 5.41) is 20.6. The molecule has 4 aromatic rings. The van der Waals surface area contributed by atoms with Crippen molar-refractivity contribution in [2.75, 3.05) is 5.75 Å². The molecule has 3 aromatic carbocycles. The van der Waals surface area contributed by atoms with Crippen LogP contribution in [0.4, 0.5) is 0 Å². The number of carboxylic acids is 1. The molecule has 192 valence electrons. The van der Waals surface area contributed by atoms with Gasteiger partial charge in [-0.3, -0.25) is 4.55 Å². The highest BCUT2D eigenvalue weighted by molar-refractivity contribution is 7.85. The number of nitrogens with zero attached hydrogens (tertiary/aromatic N) is 1. The highest BCUT2D eigenvalue weighted by Crippen LogP contribution is 2.31. The van der Waals surface area contributed by atoms with Crippen molar-refractivity contribution in [1.29, 1.82) is 0 Å². The van der Waals surface area contributed by atoms with Gasteiger partial charge in [0.05, 0.1) is 27.7 Å². The van der Waals surface area contributed by atoms with Gasteiger partial charge >= 0.3 is 11.9 Å². The average Bonchev–Trinajstić information content (AvgIpc) is 2.82. The van der Waals surface area contributed by atoms with E-state index in [1.54, 1.807) is 32.0 Å². The first kappa shape index (κ1) is 26.1. The van der Waals surface area contributed by atoms with Crippen LogP contribution in [-0.2, 0) is 16.7 Å². The van der Waals surface area contributed by atoms with Crippen LogP contribution in [0.25, 0.3) is 21.8 Å². The van der Waals surface area contributed by atoms with E-state index in [9.17, 15) is 28.2 Å². The monoisotopic (exact) mass is 524 g/mol. The molecule has 0 amide bonds. The van der Waals surface area contributed by atoms with E-state index in [0.717, 1.165) is 0 Å². The fourth-order valence-corrected chi connectivity index (χ4v) is 5.12. The molecule has 37 heavy (non-hydrogen) atoms. The Labute approximate surface area is 213 Å². The summed E-state index contributed by atoms with van der Waals surface area (Å²) < 4.78 is 39.0. The van der Waals surface area contributed by atoms with Gasteiger partial charge in [0.25, 0.3) is 10.1 Å². The molecule has 0 unspecified atom stereocenters. The highest BCUT2D eigenvalue weighted by Gasteiger charge is 2.27. The standard InChI is InChI=1S/C27H25NO8S/c1-16-13-18(26(30)31)14-17(2)25(16)36-27(32)24-20-7-3-4-8-22(20)28(11-5-6-12-37(33,34)35)23-10-9-19(29)15-21(23)24/h3-4,7-10,13-15H,5-6,11-12H2,1-2H3,(H2-,29,30,31,32,33,34,35)/p+1. The molecule has 4 rings (SSSR count). The van der Waals surface area contributed by atoms with Gasteiger partial charge in [0, 0.05) is 18.6 Å². The van der Waals surface area contributed by atoms with E-state index in [4.69, 9.17) is 9.29 Å². The van der Waals surface area contributed by atoms with Gasteiger partial charge in [-0.05, 0) is 61.7 Å². The number of ether oxygens (including phenoxy) is 1. The second-order valence-corrected chi connectivity index (χ2v) is 10.4. The van der Waals surface area contributed by atoms with E-state index in [1.165, 1.54) is 24.3 Å². The van der Waals surface area contributed by atoms with Crippen LogP contribution in [0, 0.1) is 13.8 Å². The molecule has 0 aliphatic carbocycles. The number of carbonyl (C=O) groups excluding carboxylic acids is 1. The summed E-state index contributed by atoms with van der Waals surface area (Å²) >= 11 is 0. The number of fused-ring (bicyclic) bond motifs is 2. The first-order valence-corrected chi connectivity index (χ1v) is 13.2. The van der Waals surface area contributed by atoms with Crippen molar-refractivity contribution in [1.82, 2.24) is 0 Å². The molecule has 3 N–H and O–H groups in total. The quantitative estimate of drug-likeness (QED) is 0.0778. The maximum absolute atomic E-state index is 13.6. The Morgan fingerprint density at radius 1 is 0.919 bits per heavy atom. The Kier molecular flexibility index (Phi) is 7.15. The Bertz CT molecular complexity index is 1640. The zero-order valence-corrected chi connectivity index (χ0v) is 21.1. The number of phenolic OH excluding ortho intramolecular Hbond substituents is 1. The lowest BCUT2D eigenvalue weighted by molar-refractivity contribution is -0.645. The number of hydrogen-bond acceptors (Lipinski definition) is 6. The average molecular weight is 525 g/mol. The number of rotatable bonds is 8. The highest BCUT2D eigenvalue weighted by atomic mass is 32.2. The van der Waals surface area contributed by atoms with Crippen molar-refractivity contribution >= 4 is 43.9 Å². The second kappa shape index (κ2) is 10.2. The lowest BCUT2D eigenvalue weighted by Gasteiger charge is -2.15. The Morgan fingerprint density at radius 2 is 1.57 bits per heavy atom. The maximum Gasteiger partial charge on any atom is 0.345 e. The molecule has 0 aliphatic rings. The fraction of sp³-hybridized carbons (Fsp3) is 0.222. The normalized spacial score (nSPS) is 11.6. The number of aryl methyl sites for hydroxylation is 3. The van der Waals surface area contributed by atoms with Crippen molar-refractivity contribution < 1.29 is 42.1 Å². The van der Waals surface area contributed by atoms with Gasteiger partial charge in [-0.25, -0.2) is 9.59 Å². The van der Waals surface area contributed by atoms with Crippen LogP contribution in [0.3, 0.4) is 0 Å².